The summed E-state index contributed by atoms with van der Waals surface area (Å²) in [6, 6.07) is 4.48. The fourth-order valence-corrected chi connectivity index (χ4v) is 2.75. The molecule has 1 aliphatic carbocycles. The Kier molecular flexibility index (Phi) is 3.30. The number of benzene rings is 1. The molecule has 0 bridgehead atoms. The maximum absolute atomic E-state index is 11.5. The van der Waals surface area contributed by atoms with Gasteiger partial charge < -0.3 is 21.1 Å². The standard InChI is InChI=1S/C13H15NO5/c14-5-4-13(12(18)19)6-9-7(10(13)15)2-1-3-8(9)11(16)17/h1-3,10,15H,4-6,14H2,(H,16,17)(H,18,19). The van der Waals surface area contributed by atoms with E-state index in [0.29, 0.717) is 11.1 Å². The van der Waals surface area contributed by atoms with Gasteiger partial charge in [-0.1, -0.05) is 12.1 Å². The third-order valence-corrected chi connectivity index (χ3v) is 3.77. The van der Waals surface area contributed by atoms with Gasteiger partial charge >= 0.3 is 11.9 Å². The minimum absolute atomic E-state index is 0.0154. The van der Waals surface area contributed by atoms with E-state index in [1.807, 2.05) is 0 Å². The number of aliphatic carboxylic acids is 1. The summed E-state index contributed by atoms with van der Waals surface area (Å²) in [4.78, 5) is 22.7. The molecule has 1 aliphatic rings. The van der Waals surface area contributed by atoms with Gasteiger partial charge in [0.2, 0.25) is 0 Å². The van der Waals surface area contributed by atoms with Crippen LogP contribution in [0.4, 0.5) is 0 Å². The lowest BCUT2D eigenvalue weighted by Crippen LogP contribution is -2.37. The topological polar surface area (TPSA) is 121 Å². The molecule has 19 heavy (non-hydrogen) atoms. The van der Waals surface area contributed by atoms with Crippen molar-refractivity contribution in [2.75, 3.05) is 6.54 Å². The van der Waals surface area contributed by atoms with Crippen LogP contribution in [0.1, 0.15) is 34.0 Å². The van der Waals surface area contributed by atoms with Crippen LogP contribution in [-0.4, -0.2) is 33.8 Å². The number of carboxylic acids is 2. The molecule has 0 spiro atoms. The molecule has 0 fully saturated rings. The first-order chi connectivity index (χ1) is 8.94. The van der Waals surface area contributed by atoms with Crippen LogP contribution in [-0.2, 0) is 11.2 Å². The first-order valence-electron chi connectivity index (χ1n) is 5.90. The lowest BCUT2D eigenvalue weighted by Gasteiger charge is -2.27. The number of nitrogens with two attached hydrogens (primary N) is 1. The van der Waals surface area contributed by atoms with Crippen LogP contribution >= 0.6 is 0 Å². The van der Waals surface area contributed by atoms with Crippen molar-refractivity contribution < 1.29 is 24.9 Å². The number of fused-ring (bicyclic) bond motifs is 1. The van der Waals surface area contributed by atoms with Crippen molar-refractivity contribution >= 4 is 11.9 Å². The molecule has 2 rings (SSSR count). The van der Waals surface area contributed by atoms with Gasteiger partial charge in [0, 0.05) is 0 Å². The summed E-state index contributed by atoms with van der Waals surface area (Å²) in [5, 5.41) is 28.8. The van der Waals surface area contributed by atoms with Crippen LogP contribution in [0.25, 0.3) is 0 Å². The van der Waals surface area contributed by atoms with E-state index in [9.17, 15) is 19.8 Å². The average Bonchev–Trinajstić information content (AvgIpc) is 2.64. The maximum Gasteiger partial charge on any atom is 0.335 e. The fourth-order valence-electron chi connectivity index (χ4n) is 2.75. The smallest absolute Gasteiger partial charge is 0.335 e. The summed E-state index contributed by atoms with van der Waals surface area (Å²) in [5.74, 6) is -2.28. The number of carbonyl (C=O) groups is 2. The van der Waals surface area contributed by atoms with Crippen LogP contribution in [0.15, 0.2) is 18.2 Å². The Morgan fingerprint density at radius 2 is 2.05 bits per heavy atom. The number of carboxylic acid groups (broad SMARTS) is 2. The second-order valence-electron chi connectivity index (χ2n) is 4.76. The summed E-state index contributed by atoms with van der Waals surface area (Å²) in [7, 11) is 0. The van der Waals surface area contributed by atoms with Crippen molar-refractivity contribution in [1.82, 2.24) is 0 Å². The highest BCUT2D eigenvalue weighted by Crippen LogP contribution is 2.49. The average molecular weight is 265 g/mol. The SMILES string of the molecule is NCCC1(C(=O)O)Cc2c(C(=O)O)cccc2C1O. The second kappa shape index (κ2) is 4.64. The van der Waals surface area contributed by atoms with E-state index in [2.05, 4.69) is 0 Å². The van der Waals surface area contributed by atoms with Crippen molar-refractivity contribution in [3.05, 3.63) is 34.9 Å². The minimum atomic E-state index is -1.43. The highest BCUT2D eigenvalue weighted by atomic mass is 16.4. The van der Waals surface area contributed by atoms with E-state index >= 15 is 0 Å². The first kappa shape index (κ1) is 13.5. The quantitative estimate of drug-likeness (QED) is 0.625. The number of aliphatic hydroxyl groups is 1. The third-order valence-electron chi connectivity index (χ3n) is 3.77. The monoisotopic (exact) mass is 265 g/mol. The Balaban J connectivity index is 2.56. The van der Waals surface area contributed by atoms with E-state index in [1.54, 1.807) is 6.07 Å². The van der Waals surface area contributed by atoms with Gasteiger partial charge in [0.25, 0.3) is 0 Å². The highest BCUT2D eigenvalue weighted by molar-refractivity contribution is 5.91. The van der Waals surface area contributed by atoms with Gasteiger partial charge in [0.05, 0.1) is 11.7 Å². The van der Waals surface area contributed by atoms with Gasteiger partial charge in [0.15, 0.2) is 0 Å². The number of rotatable bonds is 4. The molecule has 0 saturated carbocycles. The van der Waals surface area contributed by atoms with Crippen LogP contribution < -0.4 is 5.73 Å². The zero-order valence-corrected chi connectivity index (χ0v) is 10.2. The van der Waals surface area contributed by atoms with Gasteiger partial charge in [-0.05, 0) is 36.6 Å². The predicted molar refractivity (Wildman–Crippen MR) is 65.8 cm³/mol. The molecule has 0 amide bonds. The highest BCUT2D eigenvalue weighted by Gasteiger charge is 2.51. The third kappa shape index (κ3) is 1.89. The molecule has 0 heterocycles. The summed E-state index contributed by atoms with van der Waals surface area (Å²) in [6.45, 7) is 0.111. The summed E-state index contributed by atoms with van der Waals surface area (Å²) >= 11 is 0. The molecule has 2 atom stereocenters. The van der Waals surface area contributed by atoms with Crippen molar-refractivity contribution in [2.45, 2.75) is 18.9 Å². The van der Waals surface area contributed by atoms with Crippen molar-refractivity contribution in [3.63, 3.8) is 0 Å². The van der Waals surface area contributed by atoms with E-state index < -0.39 is 23.5 Å². The number of aromatic carboxylic acids is 1. The molecule has 0 saturated heterocycles. The van der Waals surface area contributed by atoms with Crippen LogP contribution in [0.3, 0.4) is 0 Å². The van der Waals surface area contributed by atoms with Gasteiger partial charge in [-0.15, -0.1) is 0 Å². The van der Waals surface area contributed by atoms with Gasteiger partial charge in [0.1, 0.15) is 5.41 Å². The molecule has 1 aromatic rings. The molecule has 6 nitrogen and oxygen atoms in total. The Labute approximate surface area is 109 Å². The van der Waals surface area contributed by atoms with Gasteiger partial charge in [-0.25, -0.2) is 4.79 Å². The molecular formula is C13H15NO5. The normalized spacial score (nSPS) is 25.1. The van der Waals surface area contributed by atoms with Crippen LogP contribution in [0.5, 0.6) is 0 Å². The molecule has 0 aromatic heterocycles. The first-order valence-corrected chi connectivity index (χ1v) is 5.90. The van der Waals surface area contributed by atoms with Gasteiger partial charge in [-0.2, -0.15) is 0 Å². The van der Waals surface area contributed by atoms with E-state index in [4.69, 9.17) is 10.8 Å². The molecule has 102 valence electrons. The number of aliphatic hydroxyl groups excluding tert-OH is 1. The Morgan fingerprint density at radius 1 is 1.37 bits per heavy atom. The van der Waals surface area contributed by atoms with Crippen LogP contribution in [0.2, 0.25) is 0 Å². The zero-order valence-electron chi connectivity index (χ0n) is 10.2. The fraction of sp³-hybridized carbons (Fsp3) is 0.385. The minimum Gasteiger partial charge on any atom is -0.481 e. The lowest BCUT2D eigenvalue weighted by atomic mass is 9.79. The van der Waals surface area contributed by atoms with Crippen molar-refractivity contribution in [2.24, 2.45) is 11.1 Å². The predicted octanol–water partition coefficient (Wildman–Crippen LogP) is 0.394. The molecule has 0 aliphatic heterocycles. The van der Waals surface area contributed by atoms with Crippen molar-refractivity contribution in [1.29, 1.82) is 0 Å². The Hall–Kier alpha value is -1.92. The molecule has 0 radical (unpaired) electrons. The summed E-state index contributed by atoms with van der Waals surface area (Å²) in [6.07, 6.45) is -1.15. The Bertz CT molecular complexity index is 542. The van der Waals surface area contributed by atoms with Crippen LogP contribution in [0, 0.1) is 5.41 Å². The number of hydrogen-bond acceptors (Lipinski definition) is 4. The Morgan fingerprint density at radius 3 is 2.58 bits per heavy atom. The zero-order chi connectivity index (χ0) is 14.2. The second-order valence-corrected chi connectivity index (χ2v) is 4.76. The summed E-state index contributed by atoms with van der Waals surface area (Å²) in [5.41, 5.74) is 4.80. The van der Waals surface area contributed by atoms with E-state index in [0.717, 1.165) is 0 Å². The molecule has 1 aromatic carbocycles. The van der Waals surface area contributed by atoms with Crippen molar-refractivity contribution in [3.8, 4) is 0 Å². The van der Waals surface area contributed by atoms with E-state index in [1.165, 1.54) is 12.1 Å². The maximum atomic E-state index is 11.5. The molecule has 6 heteroatoms. The van der Waals surface area contributed by atoms with Gasteiger partial charge in [-0.3, -0.25) is 4.79 Å². The molecular weight excluding hydrogens is 250 g/mol. The number of hydrogen-bond donors (Lipinski definition) is 4. The molecule has 2 unspecified atom stereocenters. The summed E-state index contributed by atoms with van der Waals surface area (Å²) < 4.78 is 0. The molecule has 5 N–H and O–H groups in total. The largest absolute Gasteiger partial charge is 0.481 e. The van der Waals surface area contributed by atoms with E-state index in [-0.39, 0.29) is 24.9 Å². The lowest BCUT2D eigenvalue weighted by molar-refractivity contribution is -0.156.